The summed E-state index contributed by atoms with van der Waals surface area (Å²) in [6.45, 7) is 0. The Balaban J connectivity index is 2.18. The minimum absolute atomic E-state index is 0.0445. The normalized spacial score (nSPS) is 10.2. The SMILES string of the molecule is Nc1n[nH]c(C(=O)Nc2ccc([N+](=O)[O-])c(F)c2)n1. The summed E-state index contributed by atoms with van der Waals surface area (Å²) in [5, 5.41) is 18.4. The fourth-order valence-corrected chi connectivity index (χ4v) is 1.30. The summed E-state index contributed by atoms with van der Waals surface area (Å²) in [6, 6.07) is 2.97. The highest BCUT2D eigenvalue weighted by Gasteiger charge is 2.16. The second-order valence-electron chi connectivity index (χ2n) is 3.42. The summed E-state index contributed by atoms with van der Waals surface area (Å²) in [6.07, 6.45) is 0. The number of nitrogens with two attached hydrogens (primary N) is 1. The van der Waals surface area contributed by atoms with Gasteiger partial charge in [0, 0.05) is 17.8 Å². The van der Waals surface area contributed by atoms with Crippen LogP contribution in [0.4, 0.5) is 21.7 Å². The van der Waals surface area contributed by atoms with E-state index in [9.17, 15) is 19.3 Å². The van der Waals surface area contributed by atoms with Gasteiger partial charge in [-0.3, -0.25) is 20.0 Å². The third-order valence-electron chi connectivity index (χ3n) is 2.12. The number of nitrogen functional groups attached to an aromatic ring is 1. The molecule has 0 aliphatic carbocycles. The third kappa shape index (κ3) is 2.62. The summed E-state index contributed by atoms with van der Waals surface area (Å²) in [5.74, 6) is -2.02. The van der Waals surface area contributed by atoms with Crippen molar-refractivity contribution in [3.05, 3.63) is 40.0 Å². The monoisotopic (exact) mass is 266 g/mol. The van der Waals surface area contributed by atoms with Crippen molar-refractivity contribution in [3.63, 3.8) is 0 Å². The first-order valence-electron chi connectivity index (χ1n) is 4.90. The number of carbonyl (C=O) groups is 1. The Bertz CT molecular complexity index is 655. The second-order valence-corrected chi connectivity index (χ2v) is 3.42. The summed E-state index contributed by atoms with van der Waals surface area (Å²) < 4.78 is 13.3. The number of aromatic nitrogens is 3. The molecule has 0 fully saturated rings. The Hall–Kier alpha value is -3.04. The number of nitro groups is 1. The van der Waals surface area contributed by atoms with Crippen LogP contribution in [0.25, 0.3) is 0 Å². The molecular formula is C9H7FN6O3. The van der Waals surface area contributed by atoms with Crippen LogP contribution >= 0.6 is 0 Å². The van der Waals surface area contributed by atoms with Crippen molar-refractivity contribution in [1.29, 1.82) is 0 Å². The smallest absolute Gasteiger partial charge is 0.304 e. The lowest BCUT2D eigenvalue weighted by molar-refractivity contribution is -0.387. The highest BCUT2D eigenvalue weighted by molar-refractivity contribution is 6.01. The Kier molecular flexibility index (Phi) is 3.06. The molecule has 1 heterocycles. The fraction of sp³-hybridized carbons (Fsp3) is 0. The van der Waals surface area contributed by atoms with Crippen molar-refractivity contribution >= 4 is 23.2 Å². The lowest BCUT2D eigenvalue weighted by Crippen LogP contribution is -2.14. The molecule has 1 aromatic heterocycles. The molecule has 2 aromatic rings. The number of amides is 1. The maximum absolute atomic E-state index is 13.3. The van der Waals surface area contributed by atoms with Gasteiger partial charge in [-0.2, -0.15) is 9.37 Å². The summed E-state index contributed by atoms with van der Waals surface area (Å²) in [5.41, 5.74) is 4.58. The maximum Gasteiger partial charge on any atom is 0.304 e. The second kappa shape index (κ2) is 4.68. The molecule has 0 aliphatic rings. The van der Waals surface area contributed by atoms with Crippen molar-refractivity contribution < 1.29 is 14.1 Å². The standard InChI is InChI=1S/C9H7FN6O3/c10-5-3-4(1-2-6(5)16(18)19)12-8(17)7-13-9(11)15-14-7/h1-3H,(H,12,17)(H3,11,13,14,15). The molecule has 0 saturated heterocycles. The molecule has 0 radical (unpaired) electrons. The van der Waals surface area contributed by atoms with E-state index in [1.807, 2.05) is 0 Å². The van der Waals surface area contributed by atoms with Gasteiger partial charge in [0.2, 0.25) is 17.6 Å². The molecule has 4 N–H and O–H groups in total. The molecule has 0 spiro atoms. The summed E-state index contributed by atoms with van der Waals surface area (Å²) >= 11 is 0. The predicted octanol–water partition coefficient (Wildman–Crippen LogP) is 0.686. The average molecular weight is 266 g/mol. The molecule has 19 heavy (non-hydrogen) atoms. The van der Waals surface area contributed by atoms with Crippen molar-refractivity contribution in [2.24, 2.45) is 0 Å². The van der Waals surface area contributed by atoms with Gasteiger partial charge < -0.3 is 11.1 Å². The number of carbonyl (C=O) groups excluding carboxylic acids is 1. The van der Waals surface area contributed by atoms with E-state index in [0.29, 0.717) is 0 Å². The van der Waals surface area contributed by atoms with Gasteiger partial charge in [0.15, 0.2) is 0 Å². The first-order valence-corrected chi connectivity index (χ1v) is 4.90. The Labute approximate surface area is 104 Å². The number of hydrogen-bond donors (Lipinski definition) is 3. The van der Waals surface area contributed by atoms with Crippen LogP contribution in [-0.4, -0.2) is 26.0 Å². The Morgan fingerprint density at radius 3 is 2.79 bits per heavy atom. The highest BCUT2D eigenvalue weighted by atomic mass is 19.1. The van der Waals surface area contributed by atoms with E-state index >= 15 is 0 Å². The first-order chi connectivity index (χ1) is 8.97. The topological polar surface area (TPSA) is 140 Å². The minimum atomic E-state index is -1.06. The van der Waals surface area contributed by atoms with E-state index in [4.69, 9.17) is 5.73 Å². The van der Waals surface area contributed by atoms with Crippen LogP contribution in [0, 0.1) is 15.9 Å². The van der Waals surface area contributed by atoms with E-state index < -0.39 is 22.3 Å². The lowest BCUT2D eigenvalue weighted by atomic mass is 10.2. The van der Waals surface area contributed by atoms with Gasteiger partial charge in [-0.1, -0.05) is 0 Å². The van der Waals surface area contributed by atoms with E-state index in [2.05, 4.69) is 20.5 Å². The van der Waals surface area contributed by atoms with Crippen LogP contribution in [0.5, 0.6) is 0 Å². The van der Waals surface area contributed by atoms with Gasteiger partial charge in [0.25, 0.3) is 5.91 Å². The number of nitrogens with one attached hydrogen (secondary N) is 2. The molecule has 9 nitrogen and oxygen atoms in total. The van der Waals surface area contributed by atoms with Gasteiger partial charge in [-0.05, 0) is 6.07 Å². The van der Waals surface area contributed by atoms with Crippen LogP contribution in [0.1, 0.15) is 10.6 Å². The van der Waals surface area contributed by atoms with Crippen molar-refractivity contribution in [2.75, 3.05) is 11.1 Å². The molecule has 0 bridgehead atoms. The van der Waals surface area contributed by atoms with Crippen LogP contribution in [0.15, 0.2) is 18.2 Å². The molecule has 0 unspecified atom stereocenters. The first kappa shape index (κ1) is 12.4. The zero-order valence-corrected chi connectivity index (χ0v) is 9.25. The molecule has 0 saturated carbocycles. The van der Waals surface area contributed by atoms with Crippen LogP contribution < -0.4 is 11.1 Å². The minimum Gasteiger partial charge on any atom is -0.366 e. The van der Waals surface area contributed by atoms with Gasteiger partial charge in [0.1, 0.15) is 0 Å². The number of H-pyrrole nitrogens is 1. The van der Waals surface area contributed by atoms with E-state index in [1.54, 1.807) is 0 Å². The number of hydrogen-bond acceptors (Lipinski definition) is 6. The van der Waals surface area contributed by atoms with Gasteiger partial charge in [-0.15, -0.1) is 5.10 Å². The zero-order chi connectivity index (χ0) is 14.0. The predicted molar refractivity (Wildman–Crippen MR) is 61.8 cm³/mol. The maximum atomic E-state index is 13.3. The number of rotatable bonds is 3. The molecule has 1 aromatic carbocycles. The number of nitrogens with zero attached hydrogens (tertiary/aromatic N) is 3. The number of benzene rings is 1. The lowest BCUT2D eigenvalue weighted by Gasteiger charge is -2.02. The Morgan fingerprint density at radius 1 is 1.53 bits per heavy atom. The van der Waals surface area contributed by atoms with Gasteiger partial charge in [-0.25, -0.2) is 0 Å². The van der Waals surface area contributed by atoms with E-state index in [1.165, 1.54) is 6.07 Å². The quantitative estimate of drug-likeness (QED) is 0.551. The van der Waals surface area contributed by atoms with Gasteiger partial charge >= 0.3 is 5.69 Å². The van der Waals surface area contributed by atoms with Crippen LogP contribution in [0.2, 0.25) is 0 Å². The highest BCUT2D eigenvalue weighted by Crippen LogP contribution is 2.20. The number of anilines is 2. The molecule has 98 valence electrons. The molecule has 10 heteroatoms. The molecular weight excluding hydrogens is 259 g/mol. The fourth-order valence-electron chi connectivity index (χ4n) is 1.30. The third-order valence-corrected chi connectivity index (χ3v) is 2.12. The molecule has 1 amide bonds. The van der Waals surface area contributed by atoms with Crippen molar-refractivity contribution in [2.45, 2.75) is 0 Å². The van der Waals surface area contributed by atoms with Crippen LogP contribution in [0.3, 0.4) is 0 Å². The van der Waals surface area contributed by atoms with Crippen molar-refractivity contribution in [1.82, 2.24) is 15.2 Å². The molecule has 0 aliphatic heterocycles. The molecule has 2 rings (SSSR count). The summed E-state index contributed by atoms with van der Waals surface area (Å²) in [7, 11) is 0. The number of nitro benzene ring substituents is 1. The summed E-state index contributed by atoms with van der Waals surface area (Å²) in [4.78, 5) is 24.7. The van der Waals surface area contributed by atoms with E-state index in [-0.39, 0.29) is 17.5 Å². The Morgan fingerprint density at radius 2 is 2.26 bits per heavy atom. The average Bonchev–Trinajstić information content (AvgIpc) is 2.75. The number of halogens is 1. The zero-order valence-electron chi connectivity index (χ0n) is 9.25. The van der Waals surface area contributed by atoms with Gasteiger partial charge in [0.05, 0.1) is 4.92 Å². The van der Waals surface area contributed by atoms with E-state index in [0.717, 1.165) is 12.1 Å². The number of aromatic amines is 1. The van der Waals surface area contributed by atoms with Crippen molar-refractivity contribution in [3.8, 4) is 0 Å². The van der Waals surface area contributed by atoms with Crippen LogP contribution in [-0.2, 0) is 0 Å². The largest absolute Gasteiger partial charge is 0.366 e. The molecule has 0 atom stereocenters.